The van der Waals surface area contributed by atoms with Crippen LogP contribution >= 0.6 is 11.6 Å². The number of hydrogen-bond acceptors (Lipinski definition) is 1. The first-order chi connectivity index (χ1) is 7.84. The number of rotatable bonds is 4. The maximum absolute atomic E-state index is 12.3. The van der Waals surface area contributed by atoms with Crippen molar-refractivity contribution in [3.05, 3.63) is 29.8 Å². The minimum atomic E-state index is -4.29. The van der Waals surface area contributed by atoms with Gasteiger partial charge in [0.1, 0.15) is 0 Å². The largest absolute Gasteiger partial charge is 0.416 e. The highest BCUT2D eigenvalue weighted by atomic mass is 35.5. The van der Waals surface area contributed by atoms with Gasteiger partial charge in [-0.1, -0.05) is 13.8 Å². The van der Waals surface area contributed by atoms with Crippen LogP contribution in [0, 0.1) is 5.92 Å². The third-order valence-corrected chi connectivity index (χ3v) is 2.87. The molecule has 1 unspecified atom stereocenters. The molecular weight excluding hydrogens is 251 g/mol. The maximum Gasteiger partial charge on any atom is 0.416 e. The van der Waals surface area contributed by atoms with Crippen LogP contribution in [0.1, 0.15) is 19.4 Å². The number of anilines is 1. The van der Waals surface area contributed by atoms with E-state index >= 15 is 0 Å². The lowest BCUT2D eigenvalue weighted by atomic mass is 10.1. The molecule has 1 aromatic rings. The van der Waals surface area contributed by atoms with Crippen LogP contribution in [0.2, 0.25) is 0 Å². The van der Waals surface area contributed by atoms with Crippen LogP contribution in [-0.4, -0.2) is 11.9 Å². The number of nitrogens with one attached hydrogen (secondary N) is 1. The summed E-state index contributed by atoms with van der Waals surface area (Å²) < 4.78 is 37.0. The number of alkyl halides is 4. The summed E-state index contributed by atoms with van der Waals surface area (Å²) >= 11 is 5.77. The molecule has 5 heteroatoms. The van der Waals surface area contributed by atoms with Crippen LogP contribution in [0.25, 0.3) is 0 Å². The summed E-state index contributed by atoms with van der Waals surface area (Å²) in [6, 6.07) is 5.02. The molecule has 0 spiro atoms. The van der Waals surface area contributed by atoms with Crippen molar-refractivity contribution in [1.29, 1.82) is 0 Å². The van der Waals surface area contributed by atoms with Crippen LogP contribution in [0.3, 0.4) is 0 Å². The van der Waals surface area contributed by atoms with E-state index in [1.54, 1.807) is 0 Å². The highest BCUT2D eigenvalue weighted by Gasteiger charge is 2.30. The van der Waals surface area contributed by atoms with E-state index < -0.39 is 11.7 Å². The molecule has 0 amide bonds. The normalized spacial score (nSPS) is 13.8. The first kappa shape index (κ1) is 14.2. The fourth-order valence-corrected chi connectivity index (χ4v) is 1.79. The van der Waals surface area contributed by atoms with E-state index in [0.29, 0.717) is 17.5 Å². The molecule has 1 rings (SSSR count). The maximum atomic E-state index is 12.3. The van der Waals surface area contributed by atoms with E-state index in [2.05, 4.69) is 5.32 Å². The highest BCUT2D eigenvalue weighted by Crippen LogP contribution is 2.30. The Balaban J connectivity index is 2.75. The molecule has 0 aliphatic heterocycles. The molecule has 0 aromatic heterocycles. The van der Waals surface area contributed by atoms with Gasteiger partial charge >= 0.3 is 6.18 Å². The molecule has 0 aliphatic rings. The Morgan fingerprint density at radius 2 is 1.71 bits per heavy atom. The zero-order chi connectivity index (χ0) is 13.1. The standard InChI is InChI=1S/C12H15ClF3N/c1-8(2)11(7-13)17-10-5-3-9(4-6-10)12(14,15)16/h3-6,8,11,17H,7H2,1-2H3. The Kier molecular flexibility index (Phi) is 4.69. The smallest absolute Gasteiger partial charge is 0.381 e. The molecule has 1 aromatic carbocycles. The van der Waals surface area contributed by atoms with Gasteiger partial charge in [0.15, 0.2) is 0 Å². The van der Waals surface area contributed by atoms with E-state index in [9.17, 15) is 13.2 Å². The Morgan fingerprint density at radius 3 is 2.06 bits per heavy atom. The molecule has 0 saturated carbocycles. The number of benzene rings is 1. The second kappa shape index (κ2) is 5.63. The second-order valence-electron chi connectivity index (χ2n) is 4.22. The van der Waals surface area contributed by atoms with Crippen molar-refractivity contribution in [3.8, 4) is 0 Å². The van der Waals surface area contributed by atoms with Gasteiger partial charge in [-0.05, 0) is 30.2 Å². The Bertz CT molecular complexity index is 346. The Hall–Kier alpha value is -0.900. The number of hydrogen-bond donors (Lipinski definition) is 1. The third kappa shape index (κ3) is 4.11. The van der Waals surface area contributed by atoms with Crippen molar-refractivity contribution in [3.63, 3.8) is 0 Å². The van der Waals surface area contributed by atoms with Crippen LogP contribution in [0.15, 0.2) is 24.3 Å². The van der Waals surface area contributed by atoms with E-state index in [1.165, 1.54) is 12.1 Å². The third-order valence-electron chi connectivity index (χ3n) is 2.54. The van der Waals surface area contributed by atoms with Crippen molar-refractivity contribution < 1.29 is 13.2 Å². The number of halogens is 4. The van der Waals surface area contributed by atoms with Crippen LogP contribution < -0.4 is 5.32 Å². The van der Waals surface area contributed by atoms with Gasteiger partial charge in [0, 0.05) is 17.6 Å². The van der Waals surface area contributed by atoms with Crippen LogP contribution in [0.4, 0.5) is 18.9 Å². The summed E-state index contributed by atoms with van der Waals surface area (Å²) in [5.74, 6) is 0.730. The lowest BCUT2D eigenvalue weighted by Crippen LogP contribution is -2.27. The molecule has 96 valence electrons. The summed E-state index contributed by atoms with van der Waals surface area (Å²) in [5, 5.41) is 3.11. The molecule has 0 heterocycles. The van der Waals surface area contributed by atoms with Crippen molar-refractivity contribution >= 4 is 17.3 Å². The van der Waals surface area contributed by atoms with E-state index in [0.717, 1.165) is 12.1 Å². The molecule has 0 aliphatic carbocycles. The van der Waals surface area contributed by atoms with Gasteiger partial charge < -0.3 is 5.32 Å². The summed E-state index contributed by atoms with van der Waals surface area (Å²) in [7, 11) is 0. The Labute approximate surface area is 104 Å². The van der Waals surface area contributed by atoms with Gasteiger partial charge in [0.2, 0.25) is 0 Å². The predicted molar refractivity (Wildman–Crippen MR) is 64.4 cm³/mol. The molecule has 17 heavy (non-hydrogen) atoms. The summed E-state index contributed by atoms with van der Waals surface area (Å²) in [6.45, 7) is 4.01. The lowest BCUT2D eigenvalue weighted by molar-refractivity contribution is -0.137. The van der Waals surface area contributed by atoms with Crippen LogP contribution in [-0.2, 0) is 6.18 Å². The quantitative estimate of drug-likeness (QED) is 0.797. The van der Waals surface area contributed by atoms with Crippen LogP contribution in [0.5, 0.6) is 0 Å². The van der Waals surface area contributed by atoms with Gasteiger partial charge in [-0.2, -0.15) is 13.2 Å². The molecule has 0 bridgehead atoms. The van der Waals surface area contributed by atoms with Crippen molar-refractivity contribution in [2.24, 2.45) is 5.92 Å². The zero-order valence-corrected chi connectivity index (χ0v) is 10.4. The van der Waals surface area contributed by atoms with Gasteiger partial charge in [0.25, 0.3) is 0 Å². The molecular formula is C12H15ClF3N. The fraction of sp³-hybridized carbons (Fsp3) is 0.500. The minimum Gasteiger partial charge on any atom is -0.381 e. The van der Waals surface area contributed by atoms with E-state index in [1.807, 2.05) is 13.8 Å². The minimum absolute atomic E-state index is 0.0494. The molecule has 1 N–H and O–H groups in total. The summed E-state index contributed by atoms with van der Waals surface area (Å²) in [5.41, 5.74) is 0.00682. The van der Waals surface area contributed by atoms with E-state index in [-0.39, 0.29) is 6.04 Å². The SMILES string of the molecule is CC(C)C(CCl)Nc1ccc(C(F)(F)F)cc1. The summed E-state index contributed by atoms with van der Waals surface area (Å²) in [6.07, 6.45) is -4.29. The fourth-order valence-electron chi connectivity index (χ4n) is 1.35. The summed E-state index contributed by atoms with van der Waals surface area (Å²) in [4.78, 5) is 0. The average Bonchev–Trinajstić information content (AvgIpc) is 2.25. The van der Waals surface area contributed by atoms with Gasteiger partial charge in [0.05, 0.1) is 5.56 Å². The average molecular weight is 266 g/mol. The monoisotopic (exact) mass is 265 g/mol. The first-order valence-electron chi connectivity index (χ1n) is 5.34. The van der Waals surface area contributed by atoms with Gasteiger partial charge in [-0.25, -0.2) is 0 Å². The predicted octanol–water partition coefficient (Wildman–Crippen LogP) is 4.38. The molecule has 1 atom stereocenters. The van der Waals surface area contributed by atoms with Gasteiger partial charge in [-0.3, -0.25) is 0 Å². The lowest BCUT2D eigenvalue weighted by Gasteiger charge is -2.21. The van der Waals surface area contributed by atoms with E-state index in [4.69, 9.17) is 11.6 Å². The first-order valence-corrected chi connectivity index (χ1v) is 5.88. The molecule has 0 radical (unpaired) electrons. The zero-order valence-electron chi connectivity index (χ0n) is 9.68. The van der Waals surface area contributed by atoms with Crippen molar-refractivity contribution in [2.75, 3.05) is 11.2 Å². The van der Waals surface area contributed by atoms with Crippen molar-refractivity contribution in [1.82, 2.24) is 0 Å². The topological polar surface area (TPSA) is 12.0 Å². The van der Waals surface area contributed by atoms with Gasteiger partial charge in [-0.15, -0.1) is 11.6 Å². The van der Waals surface area contributed by atoms with Crippen molar-refractivity contribution in [2.45, 2.75) is 26.1 Å². The second-order valence-corrected chi connectivity index (χ2v) is 4.53. The molecule has 0 fully saturated rings. The highest BCUT2D eigenvalue weighted by molar-refractivity contribution is 6.18. The Morgan fingerprint density at radius 1 is 1.18 bits per heavy atom. The molecule has 0 saturated heterocycles. The molecule has 1 nitrogen and oxygen atoms in total.